The largest absolute Gasteiger partial charge is 0.295 e. The summed E-state index contributed by atoms with van der Waals surface area (Å²) in [4.78, 5) is -0.0457. The van der Waals surface area contributed by atoms with E-state index in [0.29, 0.717) is 5.39 Å². The van der Waals surface area contributed by atoms with Gasteiger partial charge >= 0.3 is 0 Å². The molecule has 0 atom stereocenters. The molecule has 0 heterocycles. The summed E-state index contributed by atoms with van der Waals surface area (Å²) >= 11 is 0. The van der Waals surface area contributed by atoms with Gasteiger partial charge in [0.2, 0.25) is 0 Å². The van der Waals surface area contributed by atoms with Crippen molar-refractivity contribution in [3.8, 4) is 0 Å². The summed E-state index contributed by atoms with van der Waals surface area (Å²) < 4.78 is 57.9. The van der Waals surface area contributed by atoms with E-state index in [4.69, 9.17) is 9.11 Å². The first-order chi connectivity index (χ1) is 9.15. The molecule has 8 heteroatoms. The van der Waals surface area contributed by atoms with Crippen molar-refractivity contribution in [2.24, 2.45) is 0 Å². The first kappa shape index (κ1) is 16.6. The van der Waals surface area contributed by atoms with Gasteiger partial charge in [-0.25, -0.2) is 0 Å². The van der Waals surface area contributed by atoms with Gasteiger partial charge in [-0.2, -0.15) is 16.8 Å². The van der Waals surface area contributed by atoms with Gasteiger partial charge in [-0.1, -0.05) is 36.4 Å². The second kappa shape index (κ2) is 6.31. The third-order valence-corrected chi connectivity index (χ3v) is 4.03. The summed E-state index contributed by atoms with van der Waals surface area (Å²) in [5.41, 5.74) is 0. The van der Waals surface area contributed by atoms with E-state index in [-0.39, 0.29) is 10.6 Å². The van der Waals surface area contributed by atoms with Gasteiger partial charge < -0.3 is 0 Å². The zero-order chi connectivity index (χ0) is 15.4. The third-order valence-electron chi connectivity index (χ3n) is 2.39. The minimum atomic E-state index is -4.13. The fourth-order valence-electron chi connectivity index (χ4n) is 1.42. The van der Waals surface area contributed by atoms with Crippen molar-refractivity contribution in [1.82, 2.24) is 0 Å². The van der Waals surface area contributed by atoms with Gasteiger partial charge in [0, 0.05) is 5.39 Å². The van der Waals surface area contributed by atoms with Crippen LogP contribution in [0.4, 0.5) is 0 Å². The molecule has 0 fully saturated rings. The lowest BCUT2D eigenvalue weighted by molar-refractivity contribution is 0.482. The molecule has 6 nitrogen and oxygen atoms in total. The Morgan fingerprint density at radius 1 is 0.900 bits per heavy atom. The third kappa shape index (κ3) is 4.89. The summed E-state index contributed by atoms with van der Waals surface area (Å²) in [6.45, 7) is 1.37. The predicted molar refractivity (Wildman–Crippen MR) is 75.9 cm³/mol. The van der Waals surface area contributed by atoms with Crippen molar-refractivity contribution in [1.29, 1.82) is 0 Å². The Bertz CT molecular complexity index is 788. The van der Waals surface area contributed by atoms with Crippen LogP contribution < -0.4 is 0 Å². The summed E-state index contributed by atoms with van der Waals surface area (Å²) in [5, 5.41) is 1.33. The Morgan fingerprint density at radius 2 is 1.40 bits per heavy atom. The Morgan fingerprint density at radius 3 is 1.90 bits per heavy atom. The van der Waals surface area contributed by atoms with Gasteiger partial charge in [0.05, 0.1) is 5.75 Å². The molecular formula is C12H14O6S2. The monoisotopic (exact) mass is 318 g/mol. The standard InChI is InChI=1S/C10H8O3S.C2H6O3S/c11-14(12,13)10-7-3-5-8-4-1-2-6-9(8)10;1-2-6(3,4)5/h1-7H,(H,11,12,13);2H2,1H3,(H,3,4,5). The van der Waals surface area contributed by atoms with Crippen molar-refractivity contribution in [2.45, 2.75) is 11.8 Å². The lowest BCUT2D eigenvalue weighted by Gasteiger charge is -2.02. The molecule has 0 aliphatic carbocycles. The van der Waals surface area contributed by atoms with Gasteiger partial charge in [0.15, 0.2) is 0 Å². The maximum atomic E-state index is 11.0. The highest BCUT2D eigenvalue weighted by Gasteiger charge is 2.12. The van der Waals surface area contributed by atoms with Gasteiger partial charge in [-0.05, 0) is 18.4 Å². The SMILES string of the molecule is CCS(=O)(=O)O.O=S(=O)(O)c1cccc2ccccc12. The zero-order valence-electron chi connectivity index (χ0n) is 10.6. The molecule has 0 spiro atoms. The average molecular weight is 318 g/mol. The minimum absolute atomic E-state index is 0.0457. The van der Waals surface area contributed by atoms with E-state index in [2.05, 4.69) is 0 Å². The van der Waals surface area contributed by atoms with Gasteiger partial charge in [-0.15, -0.1) is 0 Å². The average Bonchev–Trinajstić information content (AvgIpc) is 2.37. The van der Waals surface area contributed by atoms with Crippen LogP contribution in [0.1, 0.15) is 6.92 Å². The van der Waals surface area contributed by atoms with Crippen molar-refractivity contribution >= 4 is 31.0 Å². The molecule has 0 aliphatic rings. The lowest BCUT2D eigenvalue weighted by atomic mass is 10.1. The van der Waals surface area contributed by atoms with E-state index < -0.39 is 20.2 Å². The van der Waals surface area contributed by atoms with Crippen LogP contribution in [-0.4, -0.2) is 31.7 Å². The van der Waals surface area contributed by atoms with E-state index in [1.54, 1.807) is 30.3 Å². The molecule has 0 aliphatic heterocycles. The highest BCUT2D eigenvalue weighted by atomic mass is 32.2. The minimum Gasteiger partial charge on any atom is -0.286 e. The van der Waals surface area contributed by atoms with Crippen LogP contribution in [-0.2, 0) is 20.2 Å². The van der Waals surface area contributed by atoms with Crippen molar-refractivity contribution in [3.63, 3.8) is 0 Å². The lowest BCUT2D eigenvalue weighted by Crippen LogP contribution is -1.98. The molecule has 2 aromatic rings. The Kier molecular flexibility index (Phi) is 5.23. The Labute approximate surface area is 117 Å². The van der Waals surface area contributed by atoms with Gasteiger partial charge in [0.25, 0.3) is 20.2 Å². The fourth-order valence-corrected chi connectivity index (χ4v) is 2.13. The Balaban J connectivity index is 0.000000286. The van der Waals surface area contributed by atoms with E-state index in [1.165, 1.54) is 13.0 Å². The first-order valence-corrected chi connectivity index (χ1v) is 8.60. The normalized spacial score (nSPS) is 11.8. The number of hydrogen-bond acceptors (Lipinski definition) is 4. The molecule has 2 rings (SSSR count). The van der Waals surface area contributed by atoms with Gasteiger partial charge in [-0.3, -0.25) is 9.11 Å². The fraction of sp³-hybridized carbons (Fsp3) is 0.167. The molecule has 0 aromatic heterocycles. The van der Waals surface area contributed by atoms with E-state index >= 15 is 0 Å². The molecular weight excluding hydrogens is 304 g/mol. The molecule has 0 radical (unpaired) electrons. The molecule has 110 valence electrons. The smallest absolute Gasteiger partial charge is 0.286 e. The van der Waals surface area contributed by atoms with Crippen LogP contribution in [0.2, 0.25) is 0 Å². The summed E-state index contributed by atoms with van der Waals surface area (Å²) in [5.74, 6) is -0.201. The molecule has 2 aromatic carbocycles. The van der Waals surface area contributed by atoms with Crippen LogP contribution in [0.5, 0.6) is 0 Å². The molecule has 20 heavy (non-hydrogen) atoms. The van der Waals surface area contributed by atoms with Crippen LogP contribution >= 0.6 is 0 Å². The molecule has 0 saturated carbocycles. The molecule has 0 amide bonds. The zero-order valence-corrected chi connectivity index (χ0v) is 12.2. The van der Waals surface area contributed by atoms with E-state index in [9.17, 15) is 16.8 Å². The first-order valence-electron chi connectivity index (χ1n) is 5.55. The highest BCUT2D eigenvalue weighted by Crippen LogP contribution is 2.21. The number of benzene rings is 2. The Hall–Kier alpha value is -1.48. The number of hydrogen-bond donors (Lipinski definition) is 2. The molecule has 2 N–H and O–H groups in total. The van der Waals surface area contributed by atoms with Crippen molar-refractivity contribution in [3.05, 3.63) is 42.5 Å². The summed E-state index contributed by atoms with van der Waals surface area (Å²) in [6.07, 6.45) is 0. The second-order valence-corrected chi connectivity index (χ2v) is 6.95. The predicted octanol–water partition coefficient (Wildman–Crippen LogP) is 1.98. The maximum Gasteiger partial charge on any atom is 0.295 e. The van der Waals surface area contributed by atoms with Crippen LogP contribution in [0, 0.1) is 0 Å². The van der Waals surface area contributed by atoms with Crippen molar-refractivity contribution in [2.75, 3.05) is 5.75 Å². The van der Waals surface area contributed by atoms with Gasteiger partial charge in [0.1, 0.15) is 4.90 Å². The maximum absolute atomic E-state index is 11.0. The second-order valence-electron chi connectivity index (χ2n) is 3.82. The van der Waals surface area contributed by atoms with Crippen LogP contribution in [0.3, 0.4) is 0 Å². The van der Waals surface area contributed by atoms with Crippen LogP contribution in [0.15, 0.2) is 47.4 Å². The van der Waals surface area contributed by atoms with Crippen LogP contribution in [0.25, 0.3) is 10.8 Å². The quantitative estimate of drug-likeness (QED) is 0.820. The topological polar surface area (TPSA) is 109 Å². The van der Waals surface area contributed by atoms with E-state index in [1.807, 2.05) is 6.07 Å². The summed E-state index contributed by atoms with van der Waals surface area (Å²) in [6, 6.07) is 11.8. The summed E-state index contributed by atoms with van der Waals surface area (Å²) in [7, 11) is -7.79. The van der Waals surface area contributed by atoms with Crippen molar-refractivity contribution < 1.29 is 25.9 Å². The number of fused-ring (bicyclic) bond motifs is 1. The molecule has 0 bridgehead atoms. The highest BCUT2D eigenvalue weighted by molar-refractivity contribution is 7.86. The molecule has 0 unspecified atom stereocenters. The number of rotatable bonds is 2. The van der Waals surface area contributed by atoms with E-state index in [0.717, 1.165) is 5.39 Å². The molecule has 0 saturated heterocycles.